The van der Waals surface area contributed by atoms with Gasteiger partial charge in [-0.25, -0.2) is 0 Å². The summed E-state index contributed by atoms with van der Waals surface area (Å²) in [5, 5.41) is 9.74. The maximum Gasteiger partial charge on any atom is 0.159 e. The van der Waals surface area contributed by atoms with Gasteiger partial charge in [-0.15, -0.1) is 0 Å². The van der Waals surface area contributed by atoms with Crippen LogP contribution in [-0.2, 0) is 0 Å². The lowest BCUT2D eigenvalue weighted by atomic mass is 9.94. The Bertz CT molecular complexity index is 2140. The lowest BCUT2D eigenvalue weighted by Gasteiger charge is -2.27. The van der Waals surface area contributed by atoms with Crippen LogP contribution < -0.4 is 4.90 Å². The third kappa shape index (κ3) is 3.07. The molecule has 7 aromatic carbocycles. The third-order valence-corrected chi connectivity index (χ3v) is 7.61. The molecule has 0 bridgehead atoms. The summed E-state index contributed by atoms with van der Waals surface area (Å²) in [4.78, 5) is 2.35. The van der Waals surface area contributed by atoms with E-state index in [0.29, 0.717) is 0 Å². The van der Waals surface area contributed by atoms with Crippen molar-refractivity contribution in [1.82, 2.24) is 0 Å². The lowest BCUT2D eigenvalue weighted by molar-refractivity contribution is 0.669. The van der Waals surface area contributed by atoms with Gasteiger partial charge in [-0.1, -0.05) is 109 Å². The minimum atomic E-state index is 0.889. The molecular formula is C36H23NO. The Morgan fingerprint density at radius 1 is 0.421 bits per heavy atom. The summed E-state index contributed by atoms with van der Waals surface area (Å²) >= 11 is 0. The molecule has 0 N–H and O–H groups in total. The van der Waals surface area contributed by atoms with E-state index in [0.717, 1.165) is 39.0 Å². The Morgan fingerprint density at radius 2 is 1.08 bits per heavy atom. The normalized spacial score (nSPS) is 11.7. The molecule has 0 spiro atoms. The average molecular weight is 486 g/mol. The first-order valence-corrected chi connectivity index (χ1v) is 13.0. The van der Waals surface area contributed by atoms with Crippen molar-refractivity contribution in [1.29, 1.82) is 0 Å². The molecule has 0 radical (unpaired) electrons. The van der Waals surface area contributed by atoms with Crippen LogP contribution in [0.3, 0.4) is 0 Å². The molecule has 0 saturated carbocycles. The molecule has 0 amide bonds. The van der Waals surface area contributed by atoms with Crippen LogP contribution in [0.5, 0.6) is 0 Å². The summed E-state index contributed by atoms with van der Waals surface area (Å²) in [6.45, 7) is 0. The van der Waals surface area contributed by atoms with E-state index >= 15 is 0 Å². The molecule has 0 fully saturated rings. The Balaban J connectivity index is 1.51. The number of hydrogen-bond acceptors (Lipinski definition) is 2. The molecule has 0 aliphatic rings. The quantitative estimate of drug-likeness (QED) is 0.231. The molecule has 2 heteroatoms. The smallest absolute Gasteiger partial charge is 0.159 e. The van der Waals surface area contributed by atoms with Crippen LogP contribution >= 0.6 is 0 Å². The molecular weight excluding hydrogens is 462 g/mol. The summed E-state index contributed by atoms with van der Waals surface area (Å²) in [5.74, 6) is 0. The van der Waals surface area contributed by atoms with Gasteiger partial charge in [0.05, 0.1) is 11.4 Å². The minimum absolute atomic E-state index is 0.889. The van der Waals surface area contributed by atoms with Gasteiger partial charge in [-0.2, -0.15) is 0 Å². The topological polar surface area (TPSA) is 16.4 Å². The van der Waals surface area contributed by atoms with E-state index in [-0.39, 0.29) is 0 Å². The Morgan fingerprint density at radius 3 is 1.95 bits per heavy atom. The van der Waals surface area contributed by atoms with Crippen LogP contribution in [0.15, 0.2) is 144 Å². The maximum absolute atomic E-state index is 6.52. The number of anilines is 3. The molecule has 0 aliphatic heterocycles. The van der Waals surface area contributed by atoms with Crippen molar-refractivity contribution in [2.24, 2.45) is 0 Å². The minimum Gasteiger partial charge on any atom is -0.454 e. The largest absolute Gasteiger partial charge is 0.454 e. The van der Waals surface area contributed by atoms with Crippen molar-refractivity contribution in [3.05, 3.63) is 140 Å². The number of fused-ring (bicyclic) bond motifs is 8. The summed E-state index contributed by atoms with van der Waals surface area (Å²) in [6.07, 6.45) is 0. The number of nitrogens with zero attached hydrogens (tertiary/aromatic N) is 1. The predicted octanol–water partition coefficient (Wildman–Crippen LogP) is 10.5. The monoisotopic (exact) mass is 485 g/mol. The van der Waals surface area contributed by atoms with Crippen molar-refractivity contribution >= 4 is 71.3 Å². The summed E-state index contributed by atoms with van der Waals surface area (Å²) < 4.78 is 6.52. The van der Waals surface area contributed by atoms with E-state index in [1.807, 2.05) is 12.1 Å². The van der Waals surface area contributed by atoms with E-state index in [4.69, 9.17) is 4.42 Å². The Labute approximate surface area is 220 Å². The molecule has 8 rings (SSSR count). The van der Waals surface area contributed by atoms with Crippen LogP contribution in [0.1, 0.15) is 0 Å². The molecule has 178 valence electrons. The molecule has 2 nitrogen and oxygen atoms in total. The summed E-state index contributed by atoms with van der Waals surface area (Å²) in [5.41, 5.74) is 5.03. The number of furan rings is 1. The molecule has 1 aromatic heterocycles. The zero-order chi connectivity index (χ0) is 25.1. The Hall–Kier alpha value is -5.08. The standard InChI is InChI=1S/C36H23NO/c1-2-12-26(13-3-1)37(32-19-10-18-31-29-16-8-9-20-34(29)38-36(31)32)33-23-25-22-21-24-11-4-5-14-27(24)35(25)30-17-7-6-15-28(30)33/h1-23H. The summed E-state index contributed by atoms with van der Waals surface area (Å²) in [7, 11) is 0. The van der Waals surface area contributed by atoms with Gasteiger partial charge >= 0.3 is 0 Å². The number of para-hydroxylation sites is 3. The van der Waals surface area contributed by atoms with Crippen LogP contribution in [0.4, 0.5) is 17.1 Å². The first-order chi connectivity index (χ1) is 18.9. The van der Waals surface area contributed by atoms with Crippen LogP contribution in [-0.4, -0.2) is 0 Å². The molecule has 38 heavy (non-hydrogen) atoms. The van der Waals surface area contributed by atoms with E-state index in [2.05, 4.69) is 132 Å². The van der Waals surface area contributed by atoms with Crippen molar-refractivity contribution in [3.8, 4) is 0 Å². The second kappa shape index (κ2) is 8.22. The highest BCUT2D eigenvalue weighted by atomic mass is 16.3. The summed E-state index contributed by atoms with van der Waals surface area (Å²) in [6, 6.07) is 49.5. The first-order valence-electron chi connectivity index (χ1n) is 13.0. The second-order valence-corrected chi connectivity index (χ2v) is 9.75. The molecule has 0 aliphatic carbocycles. The van der Waals surface area contributed by atoms with E-state index in [9.17, 15) is 0 Å². The average Bonchev–Trinajstić information content (AvgIpc) is 3.37. The van der Waals surface area contributed by atoms with Gasteiger partial charge in [0.2, 0.25) is 0 Å². The van der Waals surface area contributed by atoms with Crippen LogP contribution in [0.25, 0.3) is 54.3 Å². The SMILES string of the molecule is c1ccc(N(c2cc3ccc4ccccc4c3c3ccccc23)c2cccc3c2oc2ccccc23)cc1. The van der Waals surface area contributed by atoms with Crippen LogP contribution in [0.2, 0.25) is 0 Å². The van der Waals surface area contributed by atoms with Crippen LogP contribution in [0, 0.1) is 0 Å². The number of hydrogen-bond donors (Lipinski definition) is 0. The highest BCUT2D eigenvalue weighted by Crippen LogP contribution is 2.46. The van der Waals surface area contributed by atoms with Gasteiger partial charge in [0.15, 0.2) is 5.58 Å². The van der Waals surface area contributed by atoms with E-state index in [1.165, 1.54) is 32.3 Å². The zero-order valence-corrected chi connectivity index (χ0v) is 20.6. The zero-order valence-electron chi connectivity index (χ0n) is 20.6. The van der Waals surface area contributed by atoms with Crippen molar-refractivity contribution in [2.45, 2.75) is 0 Å². The fraction of sp³-hybridized carbons (Fsp3) is 0. The second-order valence-electron chi connectivity index (χ2n) is 9.75. The fourth-order valence-corrected chi connectivity index (χ4v) is 5.94. The molecule has 0 atom stereocenters. The maximum atomic E-state index is 6.52. The highest BCUT2D eigenvalue weighted by molar-refractivity contribution is 6.24. The predicted molar refractivity (Wildman–Crippen MR) is 161 cm³/mol. The number of rotatable bonds is 3. The van der Waals surface area contributed by atoms with Gasteiger partial charge in [-0.3, -0.25) is 0 Å². The molecule has 8 aromatic rings. The van der Waals surface area contributed by atoms with Gasteiger partial charge in [0, 0.05) is 21.8 Å². The van der Waals surface area contributed by atoms with E-state index in [1.54, 1.807) is 0 Å². The van der Waals surface area contributed by atoms with Gasteiger partial charge < -0.3 is 9.32 Å². The fourth-order valence-electron chi connectivity index (χ4n) is 5.94. The van der Waals surface area contributed by atoms with Gasteiger partial charge in [0.1, 0.15) is 5.58 Å². The van der Waals surface area contributed by atoms with Gasteiger partial charge in [-0.05, 0) is 57.3 Å². The van der Waals surface area contributed by atoms with Crippen molar-refractivity contribution in [2.75, 3.05) is 4.90 Å². The van der Waals surface area contributed by atoms with E-state index < -0.39 is 0 Å². The lowest BCUT2D eigenvalue weighted by Crippen LogP contribution is -2.11. The molecule has 1 heterocycles. The van der Waals surface area contributed by atoms with Crippen molar-refractivity contribution in [3.63, 3.8) is 0 Å². The Kier molecular flexibility index (Phi) is 4.55. The van der Waals surface area contributed by atoms with Gasteiger partial charge in [0.25, 0.3) is 0 Å². The highest BCUT2D eigenvalue weighted by Gasteiger charge is 2.22. The molecule has 0 unspecified atom stereocenters. The number of benzene rings is 7. The first kappa shape index (κ1) is 21.0. The van der Waals surface area contributed by atoms with Crippen molar-refractivity contribution < 1.29 is 4.42 Å². The molecule has 0 saturated heterocycles. The third-order valence-electron chi connectivity index (χ3n) is 7.61.